The molecule has 1 fully saturated rings. The monoisotopic (exact) mass is 312 g/mol. The van der Waals surface area contributed by atoms with Crippen LogP contribution in [0.5, 0.6) is 0 Å². The molecule has 5 nitrogen and oxygen atoms in total. The lowest BCUT2D eigenvalue weighted by Gasteiger charge is -2.27. The Bertz CT molecular complexity index is 484. The zero-order chi connectivity index (χ0) is 13.1. The van der Waals surface area contributed by atoms with Gasteiger partial charge in [0.2, 0.25) is 0 Å². The van der Waals surface area contributed by atoms with Gasteiger partial charge >= 0.3 is 0 Å². The van der Waals surface area contributed by atoms with E-state index in [2.05, 4.69) is 15.9 Å². The van der Waals surface area contributed by atoms with E-state index in [1.807, 2.05) is 0 Å². The molecule has 1 aromatic carbocycles. The number of hydrogen-bond acceptors (Lipinski definition) is 3. The number of non-ortho nitro benzene ring substituents is 1. The Morgan fingerprint density at radius 1 is 1.28 bits per heavy atom. The number of benzene rings is 1. The van der Waals surface area contributed by atoms with Crippen molar-refractivity contribution in [1.29, 1.82) is 0 Å². The van der Waals surface area contributed by atoms with Crippen molar-refractivity contribution in [2.45, 2.75) is 19.3 Å². The molecule has 1 amide bonds. The Morgan fingerprint density at radius 2 is 1.94 bits per heavy atom. The first-order valence-electron chi connectivity index (χ1n) is 5.83. The van der Waals surface area contributed by atoms with Crippen LogP contribution in [0.3, 0.4) is 0 Å². The largest absolute Gasteiger partial charge is 0.339 e. The molecule has 0 unspecified atom stereocenters. The van der Waals surface area contributed by atoms with Crippen molar-refractivity contribution < 1.29 is 9.72 Å². The molecular formula is C12H13BrN2O3. The van der Waals surface area contributed by atoms with Crippen molar-refractivity contribution in [3.05, 3.63) is 38.3 Å². The van der Waals surface area contributed by atoms with E-state index in [4.69, 9.17) is 0 Å². The van der Waals surface area contributed by atoms with Crippen LogP contribution in [0.25, 0.3) is 0 Å². The topological polar surface area (TPSA) is 63.4 Å². The van der Waals surface area contributed by atoms with Gasteiger partial charge < -0.3 is 4.90 Å². The van der Waals surface area contributed by atoms with Crippen LogP contribution in [0, 0.1) is 10.1 Å². The van der Waals surface area contributed by atoms with Crippen LogP contribution in [0.1, 0.15) is 29.6 Å². The van der Waals surface area contributed by atoms with Gasteiger partial charge in [0.15, 0.2) is 0 Å². The predicted molar refractivity (Wildman–Crippen MR) is 70.6 cm³/mol. The lowest BCUT2D eigenvalue weighted by atomic mass is 10.1. The maximum Gasteiger partial charge on any atom is 0.270 e. The molecule has 0 saturated carbocycles. The first kappa shape index (κ1) is 13.0. The zero-order valence-electron chi connectivity index (χ0n) is 9.76. The minimum atomic E-state index is -0.487. The summed E-state index contributed by atoms with van der Waals surface area (Å²) in [4.78, 5) is 24.3. The Labute approximate surface area is 113 Å². The SMILES string of the molecule is O=C(c1cc([N+](=O)[O-])ccc1Br)N1CCCCC1. The summed E-state index contributed by atoms with van der Waals surface area (Å²) < 4.78 is 0.601. The van der Waals surface area contributed by atoms with E-state index in [1.165, 1.54) is 12.1 Å². The van der Waals surface area contributed by atoms with E-state index in [1.54, 1.807) is 11.0 Å². The van der Waals surface area contributed by atoms with E-state index in [0.29, 0.717) is 10.0 Å². The molecule has 0 aromatic heterocycles. The number of nitro groups is 1. The van der Waals surface area contributed by atoms with Gasteiger partial charge in [0.25, 0.3) is 11.6 Å². The standard InChI is InChI=1S/C12H13BrN2O3/c13-11-5-4-9(15(17)18)8-10(11)12(16)14-6-2-1-3-7-14/h4-5,8H,1-3,6-7H2. The number of carbonyl (C=O) groups excluding carboxylic acids is 1. The van der Waals surface area contributed by atoms with Gasteiger partial charge in [0.05, 0.1) is 10.5 Å². The Kier molecular flexibility index (Phi) is 3.96. The van der Waals surface area contributed by atoms with Crippen LogP contribution in [0.15, 0.2) is 22.7 Å². The lowest BCUT2D eigenvalue weighted by Crippen LogP contribution is -2.35. The molecule has 0 atom stereocenters. The predicted octanol–water partition coefficient (Wildman–Crippen LogP) is 2.98. The van der Waals surface area contributed by atoms with Gasteiger partial charge in [-0.1, -0.05) is 0 Å². The number of piperidine rings is 1. The summed E-state index contributed by atoms with van der Waals surface area (Å²) in [6.07, 6.45) is 3.14. The van der Waals surface area contributed by atoms with Crippen molar-refractivity contribution >= 4 is 27.5 Å². The molecular weight excluding hydrogens is 300 g/mol. The highest BCUT2D eigenvalue weighted by atomic mass is 79.9. The molecule has 0 aliphatic carbocycles. The minimum absolute atomic E-state index is 0.0569. The van der Waals surface area contributed by atoms with Gasteiger partial charge in [-0.25, -0.2) is 0 Å². The maximum atomic E-state index is 12.3. The van der Waals surface area contributed by atoms with E-state index in [-0.39, 0.29) is 11.6 Å². The molecule has 0 N–H and O–H groups in total. The van der Waals surface area contributed by atoms with Gasteiger partial charge in [0, 0.05) is 29.7 Å². The van der Waals surface area contributed by atoms with Crippen molar-refractivity contribution in [2.75, 3.05) is 13.1 Å². The Hall–Kier alpha value is -1.43. The zero-order valence-corrected chi connectivity index (χ0v) is 11.4. The van der Waals surface area contributed by atoms with E-state index in [0.717, 1.165) is 32.4 Å². The second kappa shape index (κ2) is 5.48. The van der Waals surface area contributed by atoms with Crippen molar-refractivity contribution in [2.24, 2.45) is 0 Å². The highest BCUT2D eigenvalue weighted by Crippen LogP contribution is 2.25. The molecule has 18 heavy (non-hydrogen) atoms. The van der Waals surface area contributed by atoms with E-state index < -0.39 is 4.92 Å². The summed E-state index contributed by atoms with van der Waals surface area (Å²) in [6, 6.07) is 4.27. The molecule has 1 saturated heterocycles. The highest BCUT2D eigenvalue weighted by Gasteiger charge is 2.22. The summed E-state index contributed by atoms with van der Waals surface area (Å²) >= 11 is 3.28. The third kappa shape index (κ3) is 2.69. The lowest BCUT2D eigenvalue weighted by molar-refractivity contribution is -0.384. The van der Waals surface area contributed by atoms with Crippen LogP contribution in [-0.4, -0.2) is 28.8 Å². The summed E-state index contributed by atoms with van der Waals surface area (Å²) in [5.74, 6) is -0.134. The molecule has 96 valence electrons. The quantitative estimate of drug-likeness (QED) is 0.623. The molecule has 0 bridgehead atoms. The maximum absolute atomic E-state index is 12.3. The molecule has 1 heterocycles. The van der Waals surface area contributed by atoms with E-state index in [9.17, 15) is 14.9 Å². The van der Waals surface area contributed by atoms with Gasteiger partial charge in [0.1, 0.15) is 0 Å². The number of amides is 1. The summed E-state index contributed by atoms with van der Waals surface area (Å²) in [6.45, 7) is 1.46. The van der Waals surface area contributed by atoms with Crippen LogP contribution in [-0.2, 0) is 0 Å². The van der Waals surface area contributed by atoms with Crippen LogP contribution >= 0.6 is 15.9 Å². The number of nitro benzene ring substituents is 1. The van der Waals surface area contributed by atoms with Crippen LogP contribution in [0.2, 0.25) is 0 Å². The number of nitrogens with zero attached hydrogens (tertiary/aromatic N) is 2. The first-order valence-corrected chi connectivity index (χ1v) is 6.62. The van der Waals surface area contributed by atoms with Crippen molar-refractivity contribution in [1.82, 2.24) is 4.90 Å². The number of halogens is 1. The van der Waals surface area contributed by atoms with Gasteiger partial charge in [-0.05, 0) is 41.3 Å². The van der Waals surface area contributed by atoms with Gasteiger partial charge in [-0.2, -0.15) is 0 Å². The summed E-state index contributed by atoms with van der Waals surface area (Å²) in [5, 5.41) is 10.7. The average molecular weight is 313 g/mol. The van der Waals surface area contributed by atoms with Crippen LogP contribution < -0.4 is 0 Å². The number of hydrogen-bond donors (Lipinski definition) is 0. The highest BCUT2D eigenvalue weighted by molar-refractivity contribution is 9.10. The molecule has 0 spiro atoms. The van der Waals surface area contributed by atoms with Crippen molar-refractivity contribution in [3.8, 4) is 0 Å². The summed E-state index contributed by atoms with van der Waals surface area (Å²) in [7, 11) is 0. The molecule has 1 aliphatic heterocycles. The number of rotatable bonds is 2. The first-order chi connectivity index (χ1) is 8.59. The fourth-order valence-corrected chi connectivity index (χ4v) is 2.47. The molecule has 2 rings (SSSR count). The van der Waals surface area contributed by atoms with Crippen molar-refractivity contribution in [3.63, 3.8) is 0 Å². The molecule has 0 radical (unpaired) electrons. The normalized spacial score (nSPS) is 15.5. The van der Waals surface area contributed by atoms with Crippen LogP contribution in [0.4, 0.5) is 5.69 Å². The second-order valence-electron chi connectivity index (χ2n) is 4.27. The smallest absolute Gasteiger partial charge is 0.270 e. The summed E-state index contributed by atoms with van der Waals surface area (Å²) in [5.41, 5.74) is 0.310. The van der Waals surface area contributed by atoms with Gasteiger partial charge in [-0.15, -0.1) is 0 Å². The third-order valence-corrected chi connectivity index (χ3v) is 3.73. The number of likely N-dealkylation sites (tertiary alicyclic amines) is 1. The Balaban J connectivity index is 2.28. The molecule has 1 aromatic rings. The Morgan fingerprint density at radius 3 is 2.56 bits per heavy atom. The number of carbonyl (C=O) groups is 1. The van der Waals surface area contributed by atoms with Gasteiger partial charge in [-0.3, -0.25) is 14.9 Å². The fraction of sp³-hybridized carbons (Fsp3) is 0.417. The third-order valence-electron chi connectivity index (χ3n) is 3.03. The second-order valence-corrected chi connectivity index (χ2v) is 5.13. The molecule has 6 heteroatoms. The minimum Gasteiger partial charge on any atom is -0.339 e. The van der Waals surface area contributed by atoms with E-state index >= 15 is 0 Å². The molecule has 1 aliphatic rings. The average Bonchev–Trinajstić information content (AvgIpc) is 2.39. The fourth-order valence-electron chi connectivity index (χ4n) is 2.06.